The van der Waals surface area contributed by atoms with Crippen molar-refractivity contribution in [1.29, 1.82) is 0 Å². The van der Waals surface area contributed by atoms with Gasteiger partial charge in [0.25, 0.3) is 0 Å². The molecule has 0 spiro atoms. The molecule has 0 aliphatic carbocycles. The number of hydrogen-bond donors (Lipinski definition) is 2. The van der Waals surface area contributed by atoms with Crippen molar-refractivity contribution in [2.45, 2.75) is 13.3 Å². The van der Waals surface area contributed by atoms with E-state index in [2.05, 4.69) is 44.9 Å². The molecule has 0 fully saturated rings. The molecule has 1 heterocycles. The molecule has 0 bridgehead atoms. The van der Waals surface area contributed by atoms with Gasteiger partial charge in [-0.05, 0) is 48.4 Å². The van der Waals surface area contributed by atoms with Crippen LogP contribution in [-0.4, -0.2) is 15.2 Å². The number of nitrogens with zero attached hydrogens (tertiary/aromatic N) is 3. The summed E-state index contributed by atoms with van der Waals surface area (Å²) in [6, 6.07) is 25.5. The topological polar surface area (TPSA) is 72.0 Å². The number of nitrogens with one attached hydrogen (secondary N) is 2. The van der Waals surface area contributed by atoms with Crippen molar-refractivity contribution in [2.75, 3.05) is 10.6 Å². The SMILES string of the molecule is CCc1ccc(Nc2nncc(Nc3ccccc3Oc3ccccc3)n2)cc1. The van der Waals surface area contributed by atoms with E-state index >= 15 is 0 Å². The lowest BCUT2D eigenvalue weighted by Crippen LogP contribution is -2.03. The van der Waals surface area contributed by atoms with Crippen LogP contribution in [0, 0.1) is 0 Å². The molecule has 144 valence electrons. The van der Waals surface area contributed by atoms with Gasteiger partial charge in [-0.15, -0.1) is 5.10 Å². The van der Waals surface area contributed by atoms with Crippen LogP contribution in [0.4, 0.5) is 23.1 Å². The normalized spacial score (nSPS) is 10.4. The molecule has 2 N–H and O–H groups in total. The van der Waals surface area contributed by atoms with E-state index in [-0.39, 0.29) is 0 Å². The number of rotatable bonds is 7. The van der Waals surface area contributed by atoms with Gasteiger partial charge in [0.05, 0.1) is 11.9 Å². The predicted molar refractivity (Wildman–Crippen MR) is 115 cm³/mol. The van der Waals surface area contributed by atoms with Crippen LogP contribution in [-0.2, 0) is 6.42 Å². The van der Waals surface area contributed by atoms with Gasteiger partial charge in [-0.1, -0.05) is 49.4 Å². The highest BCUT2D eigenvalue weighted by Crippen LogP contribution is 2.31. The number of anilines is 4. The minimum atomic E-state index is 0.417. The first-order valence-corrected chi connectivity index (χ1v) is 9.45. The predicted octanol–water partition coefficient (Wildman–Crippen LogP) is 5.71. The molecule has 6 nitrogen and oxygen atoms in total. The molecule has 6 heteroatoms. The zero-order valence-electron chi connectivity index (χ0n) is 16.0. The number of aryl methyl sites for hydroxylation is 1. The van der Waals surface area contributed by atoms with Gasteiger partial charge in [-0.25, -0.2) is 0 Å². The smallest absolute Gasteiger partial charge is 0.249 e. The summed E-state index contributed by atoms with van der Waals surface area (Å²) in [4.78, 5) is 4.50. The second kappa shape index (κ2) is 8.84. The highest BCUT2D eigenvalue weighted by atomic mass is 16.5. The number of aromatic nitrogens is 3. The van der Waals surface area contributed by atoms with E-state index in [0.29, 0.717) is 17.5 Å². The zero-order valence-corrected chi connectivity index (χ0v) is 16.0. The van der Waals surface area contributed by atoms with Gasteiger partial charge in [0.15, 0.2) is 11.6 Å². The maximum absolute atomic E-state index is 5.99. The quantitative estimate of drug-likeness (QED) is 0.426. The summed E-state index contributed by atoms with van der Waals surface area (Å²) in [5.74, 6) is 2.44. The molecule has 4 aromatic rings. The van der Waals surface area contributed by atoms with Crippen LogP contribution in [0.25, 0.3) is 0 Å². The Bertz CT molecular complexity index is 1070. The maximum atomic E-state index is 5.99. The molecule has 0 saturated carbocycles. The first kappa shape index (κ1) is 18.4. The molecular formula is C23H21N5O. The monoisotopic (exact) mass is 383 g/mol. The second-order valence-electron chi connectivity index (χ2n) is 6.38. The van der Waals surface area contributed by atoms with Crippen LogP contribution >= 0.6 is 0 Å². The van der Waals surface area contributed by atoms with Gasteiger partial charge < -0.3 is 15.4 Å². The fraction of sp³-hybridized carbons (Fsp3) is 0.0870. The summed E-state index contributed by atoms with van der Waals surface area (Å²) in [5, 5.41) is 14.6. The molecule has 0 aliphatic rings. The van der Waals surface area contributed by atoms with Crippen molar-refractivity contribution in [3.8, 4) is 11.5 Å². The third kappa shape index (κ3) is 4.87. The van der Waals surface area contributed by atoms with Gasteiger partial charge in [-0.2, -0.15) is 10.1 Å². The van der Waals surface area contributed by atoms with E-state index in [4.69, 9.17) is 4.74 Å². The average molecular weight is 383 g/mol. The van der Waals surface area contributed by atoms with E-state index in [0.717, 1.165) is 23.5 Å². The molecule has 0 saturated heterocycles. The molecule has 4 rings (SSSR count). The van der Waals surface area contributed by atoms with E-state index < -0.39 is 0 Å². The third-order valence-electron chi connectivity index (χ3n) is 4.30. The van der Waals surface area contributed by atoms with Crippen LogP contribution in [0.2, 0.25) is 0 Å². The lowest BCUT2D eigenvalue weighted by Gasteiger charge is -2.13. The summed E-state index contributed by atoms with van der Waals surface area (Å²) in [7, 11) is 0. The van der Waals surface area contributed by atoms with Gasteiger partial charge in [0.1, 0.15) is 5.75 Å². The maximum Gasteiger partial charge on any atom is 0.249 e. The second-order valence-corrected chi connectivity index (χ2v) is 6.38. The van der Waals surface area contributed by atoms with E-state index in [1.54, 1.807) is 6.20 Å². The Hall–Kier alpha value is -3.93. The Kier molecular flexibility index (Phi) is 5.62. The first-order valence-electron chi connectivity index (χ1n) is 9.45. The number of benzene rings is 3. The Morgan fingerprint density at radius 3 is 2.38 bits per heavy atom. The minimum absolute atomic E-state index is 0.417. The highest BCUT2D eigenvalue weighted by Gasteiger charge is 2.07. The Morgan fingerprint density at radius 1 is 0.828 bits per heavy atom. The highest BCUT2D eigenvalue weighted by molar-refractivity contribution is 5.65. The van der Waals surface area contributed by atoms with Gasteiger partial charge in [-0.3, -0.25) is 0 Å². The van der Waals surface area contributed by atoms with Crippen LogP contribution in [0.15, 0.2) is 85.1 Å². The lowest BCUT2D eigenvalue weighted by atomic mass is 10.1. The molecule has 1 aromatic heterocycles. The summed E-state index contributed by atoms with van der Waals surface area (Å²) in [5.41, 5.74) is 2.98. The Morgan fingerprint density at radius 2 is 1.59 bits per heavy atom. The average Bonchev–Trinajstić information content (AvgIpc) is 2.77. The first-order chi connectivity index (χ1) is 14.3. The molecule has 0 atom stereocenters. The van der Waals surface area contributed by atoms with Gasteiger partial charge in [0, 0.05) is 5.69 Å². The minimum Gasteiger partial charge on any atom is -0.455 e. The summed E-state index contributed by atoms with van der Waals surface area (Å²) in [6.07, 6.45) is 2.58. The largest absolute Gasteiger partial charge is 0.455 e. The zero-order chi connectivity index (χ0) is 19.9. The van der Waals surface area contributed by atoms with Crippen LogP contribution in [0.5, 0.6) is 11.5 Å². The lowest BCUT2D eigenvalue weighted by molar-refractivity contribution is 0.485. The fourth-order valence-electron chi connectivity index (χ4n) is 2.78. The van der Waals surface area contributed by atoms with E-state index in [9.17, 15) is 0 Å². The summed E-state index contributed by atoms with van der Waals surface area (Å²) >= 11 is 0. The molecule has 3 aromatic carbocycles. The van der Waals surface area contributed by atoms with Crippen molar-refractivity contribution >= 4 is 23.1 Å². The third-order valence-corrected chi connectivity index (χ3v) is 4.30. The van der Waals surface area contributed by atoms with Crippen molar-refractivity contribution in [3.05, 3.63) is 90.6 Å². The van der Waals surface area contributed by atoms with Crippen LogP contribution in [0.1, 0.15) is 12.5 Å². The van der Waals surface area contributed by atoms with Crippen LogP contribution < -0.4 is 15.4 Å². The van der Waals surface area contributed by atoms with Crippen molar-refractivity contribution in [1.82, 2.24) is 15.2 Å². The molecular weight excluding hydrogens is 362 g/mol. The summed E-state index contributed by atoms with van der Waals surface area (Å²) in [6.45, 7) is 2.13. The molecule has 29 heavy (non-hydrogen) atoms. The number of hydrogen-bond acceptors (Lipinski definition) is 6. The Labute approximate surface area is 169 Å². The number of ether oxygens (including phenoxy) is 1. The van der Waals surface area contributed by atoms with E-state index in [1.807, 2.05) is 66.7 Å². The van der Waals surface area contributed by atoms with E-state index in [1.165, 1.54) is 5.56 Å². The van der Waals surface area contributed by atoms with Crippen molar-refractivity contribution < 1.29 is 4.74 Å². The molecule has 0 aliphatic heterocycles. The molecule has 0 unspecified atom stereocenters. The van der Waals surface area contributed by atoms with Crippen molar-refractivity contribution in [2.24, 2.45) is 0 Å². The Balaban J connectivity index is 1.51. The molecule has 0 radical (unpaired) electrons. The summed E-state index contributed by atoms with van der Waals surface area (Å²) < 4.78 is 5.99. The van der Waals surface area contributed by atoms with Crippen molar-refractivity contribution in [3.63, 3.8) is 0 Å². The standard InChI is InChI=1S/C23H21N5O/c1-2-17-12-14-18(15-13-17)25-23-27-22(16-24-28-23)26-20-10-6-7-11-21(20)29-19-8-4-3-5-9-19/h3-16H,2H2,1H3,(H2,25,26,27,28). The van der Waals surface area contributed by atoms with Gasteiger partial charge in [0.2, 0.25) is 5.95 Å². The van der Waals surface area contributed by atoms with Crippen LogP contribution in [0.3, 0.4) is 0 Å². The van der Waals surface area contributed by atoms with Gasteiger partial charge >= 0.3 is 0 Å². The molecule has 0 amide bonds. The number of para-hydroxylation sites is 3. The fourth-order valence-corrected chi connectivity index (χ4v) is 2.78.